The van der Waals surface area contributed by atoms with Crippen LogP contribution in [0.25, 0.3) is 0 Å². The van der Waals surface area contributed by atoms with Gasteiger partial charge in [0.1, 0.15) is 5.75 Å². The lowest BCUT2D eigenvalue weighted by Gasteiger charge is -2.36. The summed E-state index contributed by atoms with van der Waals surface area (Å²) < 4.78 is 80.9. The Hall–Kier alpha value is -3.65. The first kappa shape index (κ1) is 39.1. The first-order valence-electron chi connectivity index (χ1n) is 16.9. The molecule has 3 aromatic rings. The SMILES string of the molecule is Cc1ccc(S(=O)(=O)Nc2ccc3c(c2)C(=O)N([C@@H](C)CO)C[C@H](C)[C@@H](CN(C)Cc2ccc(C(F)(F)F)cc2)OCCCC[C@H](C)O3)cc1. The van der Waals surface area contributed by atoms with Crippen molar-refractivity contribution in [2.45, 2.75) is 82.8 Å². The number of alkyl halides is 3. The Labute approximate surface area is 293 Å². The Kier molecular flexibility index (Phi) is 13.3. The van der Waals surface area contributed by atoms with E-state index in [4.69, 9.17) is 9.47 Å². The number of halogens is 3. The highest BCUT2D eigenvalue weighted by atomic mass is 32.2. The van der Waals surface area contributed by atoms with Crippen molar-refractivity contribution in [3.05, 3.63) is 89.0 Å². The summed E-state index contributed by atoms with van der Waals surface area (Å²) in [5, 5.41) is 10.2. The van der Waals surface area contributed by atoms with Gasteiger partial charge in [-0.1, -0.05) is 36.8 Å². The molecular formula is C37H48F3N3O6S. The zero-order chi connectivity index (χ0) is 36.6. The lowest BCUT2D eigenvalue weighted by atomic mass is 10.0. The minimum Gasteiger partial charge on any atom is -0.490 e. The number of nitrogens with one attached hydrogen (secondary N) is 1. The summed E-state index contributed by atoms with van der Waals surface area (Å²) in [5.41, 5.74) is 1.27. The van der Waals surface area contributed by atoms with Gasteiger partial charge in [-0.15, -0.1) is 0 Å². The number of nitrogens with zero attached hydrogens (tertiary/aromatic N) is 2. The predicted octanol–water partition coefficient (Wildman–Crippen LogP) is 6.74. The van der Waals surface area contributed by atoms with Crippen LogP contribution in [0.15, 0.2) is 71.6 Å². The number of benzene rings is 3. The summed E-state index contributed by atoms with van der Waals surface area (Å²) >= 11 is 0. The third-order valence-corrected chi connectivity index (χ3v) is 10.3. The van der Waals surface area contributed by atoms with Gasteiger partial charge in [-0.2, -0.15) is 13.2 Å². The van der Waals surface area contributed by atoms with Crippen molar-refractivity contribution in [1.29, 1.82) is 0 Å². The minimum absolute atomic E-state index is 0.0815. The third-order valence-electron chi connectivity index (χ3n) is 8.86. The maximum Gasteiger partial charge on any atom is 0.416 e. The van der Waals surface area contributed by atoms with Crippen LogP contribution in [0, 0.1) is 12.8 Å². The highest BCUT2D eigenvalue weighted by Gasteiger charge is 2.32. The Morgan fingerprint density at radius 1 is 1.04 bits per heavy atom. The minimum atomic E-state index is -4.41. The van der Waals surface area contributed by atoms with E-state index in [0.717, 1.165) is 36.1 Å². The van der Waals surface area contributed by atoms with Crippen molar-refractivity contribution >= 4 is 21.6 Å². The number of hydrogen-bond donors (Lipinski definition) is 2. The summed E-state index contributed by atoms with van der Waals surface area (Å²) in [5.74, 6) is -0.354. The molecular weight excluding hydrogens is 671 g/mol. The first-order chi connectivity index (χ1) is 23.6. The van der Waals surface area contributed by atoms with Crippen LogP contribution in [0.5, 0.6) is 5.75 Å². The molecule has 50 heavy (non-hydrogen) atoms. The van der Waals surface area contributed by atoms with Crippen LogP contribution < -0.4 is 9.46 Å². The van der Waals surface area contributed by atoms with Crippen molar-refractivity contribution in [2.75, 3.05) is 38.1 Å². The number of hydrogen-bond acceptors (Lipinski definition) is 7. The number of amides is 1. The van der Waals surface area contributed by atoms with Gasteiger partial charge in [-0.05, 0) is 95.1 Å². The van der Waals surface area contributed by atoms with E-state index in [-0.39, 0.29) is 47.4 Å². The van der Waals surface area contributed by atoms with Crippen LogP contribution in [-0.4, -0.2) is 80.8 Å². The average Bonchev–Trinajstić information content (AvgIpc) is 3.06. The van der Waals surface area contributed by atoms with Crippen LogP contribution in [0.4, 0.5) is 18.9 Å². The number of carbonyl (C=O) groups excluding carboxylic acids is 1. The van der Waals surface area contributed by atoms with E-state index in [9.17, 15) is 31.5 Å². The van der Waals surface area contributed by atoms with Crippen LogP contribution in [0.1, 0.15) is 67.1 Å². The number of aliphatic hydroxyl groups excluding tert-OH is 1. The summed E-state index contributed by atoms with van der Waals surface area (Å²) in [6, 6.07) is 15.5. The Balaban J connectivity index is 1.61. The molecule has 4 rings (SSSR count). The normalized spacial score (nSPS) is 20.5. The molecule has 0 unspecified atom stereocenters. The number of carbonyl (C=O) groups is 1. The molecule has 2 N–H and O–H groups in total. The zero-order valence-corrected chi connectivity index (χ0v) is 30.1. The van der Waals surface area contributed by atoms with Gasteiger partial charge in [-0.25, -0.2) is 8.42 Å². The van der Waals surface area contributed by atoms with Gasteiger partial charge in [0.2, 0.25) is 0 Å². The molecule has 0 bridgehead atoms. The summed E-state index contributed by atoms with van der Waals surface area (Å²) in [6.45, 7) is 8.65. The summed E-state index contributed by atoms with van der Waals surface area (Å²) in [7, 11) is -2.09. The molecule has 274 valence electrons. The van der Waals surface area contributed by atoms with Gasteiger partial charge in [0.15, 0.2) is 0 Å². The fourth-order valence-electron chi connectivity index (χ4n) is 5.86. The van der Waals surface area contributed by atoms with Crippen molar-refractivity contribution in [2.24, 2.45) is 5.92 Å². The van der Waals surface area contributed by atoms with Crippen molar-refractivity contribution in [3.8, 4) is 5.75 Å². The van der Waals surface area contributed by atoms with Crippen molar-refractivity contribution in [3.63, 3.8) is 0 Å². The number of ether oxygens (including phenoxy) is 2. The molecule has 9 nitrogen and oxygen atoms in total. The van der Waals surface area contributed by atoms with Crippen molar-refractivity contribution in [1.82, 2.24) is 9.80 Å². The van der Waals surface area contributed by atoms with Crippen molar-refractivity contribution < 1.29 is 41.0 Å². The van der Waals surface area contributed by atoms with Crippen LogP contribution >= 0.6 is 0 Å². The molecule has 1 amide bonds. The van der Waals surface area contributed by atoms with Crippen LogP contribution in [0.3, 0.4) is 0 Å². The second-order valence-electron chi connectivity index (χ2n) is 13.3. The van der Waals surface area contributed by atoms with Gasteiger partial charge < -0.3 is 19.5 Å². The fraction of sp³-hybridized carbons (Fsp3) is 0.486. The Morgan fingerprint density at radius 2 is 1.72 bits per heavy atom. The van der Waals surface area contributed by atoms with Gasteiger partial charge >= 0.3 is 6.18 Å². The number of sulfonamides is 1. The number of aryl methyl sites for hydroxylation is 1. The molecule has 3 aromatic carbocycles. The van der Waals surface area contributed by atoms with Gasteiger partial charge in [0, 0.05) is 37.8 Å². The van der Waals surface area contributed by atoms with E-state index in [2.05, 4.69) is 4.72 Å². The largest absolute Gasteiger partial charge is 0.490 e. The number of fused-ring (bicyclic) bond motifs is 1. The lowest BCUT2D eigenvalue weighted by Crippen LogP contribution is -2.47. The Morgan fingerprint density at radius 3 is 2.36 bits per heavy atom. The molecule has 4 atom stereocenters. The number of aliphatic hydroxyl groups is 1. The number of rotatable bonds is 9. The predicted molar refractivity (Wildman–Crippen MR) is 187 cm³/mol. The molecule has 0 spiro atoms. The molecule has 1 aliphatic heterocycles. The molecule has 1 aliphatic rings. The number of likely N-dealkylation sites (N-methyl/N-ethyl adjacent to an activating group) is 1. The average molecular weight is 720 g/mol. The monoisotopic (exact) mass is 719 g/mol. The van der Waals surface area contributed by atoms with Gasteiger partial charge in [-0.3, -0.25) is 14.4 Å². The van der Waals surface area contributed by atoms with E-state index in [0.29, 0.717) is 31.9 Å². The van der Waals surface area contributed by atoms with E-state index < -0.39 is 33.7 Å². The molecule has 0 fully saturated rings. The Bertz CT molecular complexity index is 1670. The van der Waals surface area contributed by atoms with Gasteiger partial charge in [0.25, 0.3) is 15.9 Å². The first-order valence-corrected chi connectivity index (χ1v) is 18.3. The maximum absolute atomic E-state index is 14.4. The molecule has 0 saturated carbocycles. The van der Waals surface area contributed by atoms with E-state index in [1.165, 1.54) is 30.3 Å². The zero-order valence-electron chi connectivity index (χ0n) is 29.2. The lowest BCUT2D eigenvalue weighted by molar-refractivity contribution is -0.137. The third kappa shape index (κ3) is 10.7. The fourth-order valence-corrected chi connectivity index (χ4v) is 6.91. The standard InChI is InChI=1S/C37H48F3N3O6S/c1-25-9-16-32(17-10-25)50(46,47)41-31-15-18-34-33(20-31)36(45)43(27(3)24-44)21-26(2)35(48-19-7-6-8-28(4)49-34)23-42(5)22-29-11-13-30(14-12-29)37(38,39)40/h9-18,20,26-28,35,41,44H,6-8,19,21-24H2,1-5H3/t26-,27-,28-,35+/m0/s1. The topological polar surface area (TPSA) is 108 Å². The van der Waals surface area contributed by atoms with Crippen LogP contribution in [0.2, 0.25) is 0 Å². The molecule has 1 heterocycles. The summed E-state index contributed by atoms with van der Waals surface area (Å²) in [6.07, 6.45) is -2.76. The second kappa shape index (κ2) is 17.0. The molecule has 0 saturated heterocycles. The van der Waals surface area contributed by atoms with E-state index >= 15 is 0 Å². The second-order valence-corrected chi connectivity index (χ2v) is 15.0. The highest BCUT2D eigenvalue weighted by Crippen LogP contribution is 2.31. The van der Waals surface area contributed by atoms with E-state index in [1.54, 1.807) is 36.1 Å². The van der Waals surface area contributed by atoms with Gasteiger partial charge in [0.05, 0.1) is 40.9 Å². The highest BCUT2D eigenvalue weighted by molar-refractivity contribution is 7.92. The molecule has 0 radical (unpaired) electrons. The van der Waals surface area contributed by atoms with Crippen LogP contribution in [-0.2, 0) is 27.5 Å². The molecule has 13 heteroatoms. The summed E-state index contributed by atoms with van der Waals surface area (Å²) in [4.78, 5) is 18.0. The molecule has 0 aromatic heterocycles. The maximum atomic E-state index is 14.4. The quantitative estimate of drug-likeness (QED) is 0.252. The number of anilines is 1. The van der Waals surface area contributed by atoms with E-state index in [1.807, 2.05) is 32.7 Å². The molecule has 0 aliphatic carbocycles. The smallest absolute Gasteiger partial charge is 0.416 e.